The number of ether oxygens (including phenoxy) is 2. The second kappa shape index (κ2) is 13.0. The summed E-state index contributed by atoms with van der Waals surface area (Å²) in [7, 11) is -2.37. The van der Waals surface area contributed by atoms with Gasteiger partial charge in [0, 0.05) is 17.3 Å². The van der Waals surface area contributed by atoms with Gasteiger partial charge >= 0.3 is 0 Å². The lowest BCUT2D eigenvalue weighted by atomic mass is 10.1. The predicted octanol–water partition coefficient (Wildman–Crippen LogP) is 5.51. The van der Waals surface area contributed by atoms with E-state index in [0.717, 1.165) is 11.3 Å². The molecule has 0 atom stereocenters. The van der Waals surface area contributed by atoms with Crippen molar-refractivity contribution in [3.8, 4) is 28.4 Å². The van der Waals surface area contributed by atoms with Crippen molar-refractivity contribution in [1.29, 1.82) is 0 Å². The molecule has 1 amide bonds. The van der Waals surface area contributed by atoms with Gasteiger partial charge < -0.3 is 9.47 Å². The average molecular weight is 596 g/mol. The third-order valence-electron chi connectivity index (χ3n) is 6.36. The van der Waals surface area contributed by atoms with E-state index in [9.17, 15) is 13.2 Å². The average Bonchev–Trinajstić information content (AvgIpc) is 3.46. The quantitative estimate of drug-likeness (QED) is 0.153. The minimum Gasteiger partial charge on any atom is -0.497 e. The molecule has 0 radical (unpaired) electrons. The number of nitrogens with zero attached hydrogens (tertiary/aromatic N) is 3. The summed E-state index contributed by atoms with van der Waals surface area (Å²) >= 11 is 0. The van der Waals surface area contributed by atoms with E-state index in [-0.39, 0.29) is 16.1 Å². The monoisotopic (exact) mass is 595 g/mol. The molecule has 11 heteroatoms. The molecule has 0 saturated carbocycles. The number of sulfonamides is 1. The molecular weight excluding hydrogens is 566 g/mol. The van der Waals surface area contributed by atoms with Gasteiger partial charge in [0.25, 0.3) is 15.9 Å². The minimum atomic E-state index is -3.97. The van der Waals surface area contributed by atoms with E-state index >= 15 is 0 Å². The van der Waals surface area contributed by atoms with Crippen molar-refractivity contribution in [3.05, 3.63) is 120 Å². The molecule has 0 aliphatic carbocycles. The summed E-state index contributed by atoms with van der Waals surface area (Å²) in [5, 5.41) is 8.92. The first-order valence-electron chi connectivity index (χ1n) is 13.4. The van der Waals surface area contributed by atoms with E-state index < -0.39 is 15.9 Å². The summed E-state index contributed by atoms with van der Waals surface area (Å²) in [5.41, 5.74) is 5.70. The Hall–Kier alpha value is -5.42. The minimum absolute atomic E-state index is 0.0330. The molecule has 0 fully saturated rings. The summed E-state index contributed by atoms with van der Waals surface area (Å²) in [4.78, 5) is 13.2. The maximum absolute atomic E-state index is 13.1. The Morgan fingerprint density at radius 2 is 1.58 bits per heavy atom. The number of amides is 1. The van der Waals surface area contributed by atoms with Gasteiger partial charge in [-0.05, 0) is 79.7 Å². The molecule has 0 aliphatic heterocycles. The first kappa shape index (κ1) is 29.1. The number of hydrogen-bond acceptors (Lipinski definition) is 7. The lowest BCUT2D eigenvalue weighted by Crippen LogP contribution is -2.21. The van der Waals surface area contributed by atoms with Crippen LogP contribution in [0.1, 0.15) is 22.8 Å². The van der Waals surface area contributed by atoms with Crippen LogP contribution < -0.4 is 19.6 Å². The Balaban J connectivity index is 1.37. The molecule has 43 heavy (non-hydrogen) atoms. The SMILES string of the molecule is CCOc1ccc(S(=O)(=O)Nc2ccccc2C(=O)N/N=C/c2cn(-c3ccccc3)nc2-c2ccc(OC)cc2)cc1. The zero-order valence-electron chi connectivity index (χ0n) is 23.5. The Morgan fingerprint density at radius 1 is 0.907 bits per heavy atom. The van der Waals surface area contributed by atoms with E-state index in [4.69, 9.17) is 14.6 Å². The van der Waals surface area contributed by atoms with Crippen molar-refractivity contribution < 1.29 is 22.7 Å². The van der Waals surface area contributed by atoms with Crippen molar-refractivity contribution in [2.45, 2.75) is 11.8 Å². The second-order valence-electron chi connectivity index (χ2n) is 9.20. The number of para-hydroxylation sites is 2. The summed E-state index contributed by atoms with van der Waals surface area (Å²) < 4.78 is 41.0. The van der Waals surface area contributed by atoms with Crippen molar-refractivity contribution in [3.63, 3.8) is 0 Å². The van der Waals surface area contributed by atoms with Gasteiger partial charge in [0.1, 0.15) is 17.2 Å². The van der Waals surface area contributed by atoms with E-state index in [0.29, 0.717) is 29.4 Å². The fraction of sp³-hybridized carbons (Fsp3) is 0.0938. The lowest BCUT2D eigenvalue weighted by molar-refractivity contribution is 0.0956. The second-order valence-corrected chi connectivity index (χ2v) is 10.9. The van der Waals surface area contributed by atoms with Gasteiger partial charge in [-0.15, -0.1) is 0 Å². The van der Waals surface area contributed by atoms with Gasteiger partial charge in [-0.2, -0.15) is 10.2 Å². The highest BCUT2D eigenvalue weighted by molar-refractivity contribution is 7.92. The van der Waals surface area contributed by atoms with Crippen LogP contribution in [-0.4, -0.2) is 44.0 Å². The zero-order valence-corrected chi connectivity index (χ0v) is 24.3. The third-order valence-corrected chi connectivity index (χ3v) is 7.74. The van der Waals surface area contributed by atoms with E-state index in [1.54, 1.807) is 36.1 Å². The standard InChI is InChI=1S/C32H29N5O5S/c1-3-42-27-17-19-28(20-18-27)43(39,40)36-30-12-8-7-11-29(30)32(38)34-33-21-24-22-37(25-9-5-4-6-10-25)35-31(24)23-13-15-26(41-2)16-14-23/h4-22,36H,3H2,1-2H3,(H,34,38)/b33-21+. The Labute approximate surface area is 249 Å². The van der Waals surface area contributed by atoms with Crippen LogP contribution in [0.4, 0.5) is 5.69 Å². The number of methoxy groups -OCH3 is 1. The molecule has 0 aliphatic rings. The number of benzene rings is 4. The first-order valence-corrected chi connectivity index (χ1v) is 14.8. The maximum Gasteiger partial charge on any atom is 0.273 e. The molecule has 10 nitrogen and oxygen atoms in total. The van der Waals surface area contributed by atoms with Crippen molar-refractivity contribution in [1.82, 2.24) is 15.2 Å². The summed E-state index contributed by atoms with van der Waals surface area (Å²) in [6.07, 6.45) is 3.31. The molecule has 0 unspecified atom stereocenters. The van der Waals surface area contributed by atoms with Crippen LogP contribution in [0, 0.1) is 0 Å². The normalized spacial score (nSPS) is 11.3. The predicted molar refractivity (Wildman–Crippen MR) is 165 cm³/mol. The maximum atomic E-state index is 13.1. The van der Waals surface area contributed by atoms with Crippen LogP contribution in [0.2, 0.25) is 0 Å². The van der Waals surface area contributed by atoms with Gasteiger partial charge in [0.05, 0.1) is 41.8 Å². The molecule has 5 rings (SSSR count). The molecule has 2 N–H and O–H groups in total. The van der Waals surface area contributed by atoms with Crippen LogP contribution in [0.25, 0.3) is 16.9 Å². The summed E-state index contributed by atoms with van der Waals surface area (Å²) in [5.74, 6) is 0.678. The van der Waals surface area contributed by atoms with Crippen LogP contribution >= 0.6 is 0 Å². The van der Waals surface area contributed by atoms with Crippen molar-refractivity contribution in [2.24, 2.45) is 5.10 Å². The van der Waals surface area contributed by atoms with Gasteiger partial charge in [-0.1, -0.05) is 30.3 Å². The molecule has 0 saturated heterocycles. The number of aromatic nitrogens is 2. The van der Waals surface area contributed by atoms with Crippen LogP contribution in [0.5, 0.6) is 11.5 Å². The van der Waals surface area contributed by atoms with Crippen LogP contribution in [0.3, 0.4) is 0 Å². The van der Waals surface area contributed by atoms with E-state index in [2.05, 4.69) is 15.2 Å². The molecule has 1 heterocycles. The number of hydrazone groups is 1. The van der Waals surface area contributed by atoms with Gasteiger partial charge in [0.2, 0.25) is 0 Å². The molecule has 1 aromatic heterocycles. The largest absolute Gasteiger partial charge is 0.497 e. The third kappa shape index (κ3) is 6.91. The number of rotatable bonds is 11. The number of hydrogen-bond donors (Lipinski definition) is 2. The number of nitrogens with one attached hydrogen (secondary N) is 2. The highest BCUT2D eigenvalue weighted by Crippen LogP contribution is 2.25. The fourth-order valence-corrected chi connectivity index (χ4v) is 5.32. The number of carbonyl (C=O) groups excluding carboxylic acids is 1. The zero-order chi connectivity index (χ0) is 30.2. The van der Waals surface area contributed by atoms with Crippen molar-refractivity contribution >= 4 is 27.8 Å². The summed E-state index contributed by atoms with van der Waals surface area (Å²) in [6.45, 7) is 2.31. The van der Waals surface area contributed by atoms with Gasteiger partial charge in [0.15, 0.2) is 0 Å². The molecule has 5 aromatic rings. The highest BCUT2D eigenvalue weighted by Gasteiger charge is 2.19. The molecular formula is C32H29N5O5S. The highest BCUT2D eigenvalue weighted by atomic mass is 32.2. The molecule has 218 valence electrons. The Kier molecular flexibility index (Phi) is 8.82. The van der Waals surface area contributed by atoms with Crippen LogP contribution in [0.15, 0.2) is 119 Å². The topological polar surface area (TPSA) is 124 Å². The van der Waals surface area contributed by atoms with Crippen LogP contribution in [-0.2, 0) is 10.0 Å². The first-order chi connectivity index (χ1) is 20.9. The molecule has 4 aromatic carbocycles. The van der Waals surface area contributed by atoms with Gasteiger partial charge in [-0.25, -0.2) is 18.5 Å². The molecule has 0 spiro atoms. The Morgan fingerprint density at radius 3 is 2.28 bits per heavy atom. The summed E-state index contributed by atoms with van der Waals surface area (Å²) in [6, 6.07) is 29.4. The van der Waals surface area contributed by atoms with E-state index in [1.807, 2.05) is 67.7 Å². The fourth-order valence-electron chi connectivity index (χ4n) is 4.24. The van der Waals surface area contributed by atoms with Crippen molar-refractivity contribution in [2.75, 3.05) is 18.4 Å². The Bertz CT molecular complexity index is 1840. The molecule has 0 bridgehead atoms. The number of carbonyl (C=O) groups is 1. The smallest absolute Gasteiger partial charge is 0.273 e. The number of anilines is 1. The van der Waals surface area contributed by atoms with E-state index in [1.165, 1.54) is 30.5 Å². The van der Waals surface area contributed by atoms with Gasteiger partial charge in [-0.3, -0.25) is 9.52 Å². The lowest BCUT2D eigenvalue weighted by Gasteiger charge is -2.12.